The first kappa shape index (κ1) is 24.1. The summed E-state index contributed by atoms with van der Waals surface area (Å²) in [6.07, 6.45) is 0. The van der Waals surface area contributed by atoms with Crippen LogP contribution in [0.4, 0.5) is 0 Å². The van der Waals surface area contributed by atoms with Gasteiger partial charge in [0.15, 0.2) is 0 Å². The van der Waals surface area contributed by atoms with E-state index >= 15 is 0 Å². The van der Waals surface area contributed by atoms with E-state index in [-0.39, 0.29) is 22.7 Å². The minimum absolute atomic E-state index is 0.167. The molecule has 0 aliphatic heterocycles. The van der Waals surface area contributed by atoms with E-state index in [0.717, 1.165) is 0 Å². The summed E-state index contributed by atoms with van der Waals surface area (Å²) in [5.74, 6) is 0. The van der Waals surface area contributed by atoms with Crippen molar-refractivity contribution in [2.24, 2.45) is 0 Å². The third-order valence-corrected chi connectivity index (χ3v) is 0. The molecule has 0 aliphatic carbocycles. The highest BCUT2D eigenvalue weighted by Gasteiger charge is 1.79. The second kappa shape index (κ2) is 29.2. The van der Waals surface area contributed by atoms with E-state index in [4.69, 9.17) is 46.6 Å². The Bertz CT molecular complexity index is 42.6. The number of hydrogen-bond acceptors (Lipinski definition) is 10. The number of halogens is 4. The average Bonchev–Trinajstić information content (AvgIpc) is 1.85. The lowest BCUT2D eigenvalue weighted by atomic mass is 15.8. The normalized spacial score (nSPS) is 7.71. The van der Waals surface area contributed by atoms with Gasteiger partial charge in [-0.3, -0.25) is 0 Å². The van der Waals surface area contributed by atoms with Crippen LogP contribution in [0.2, 0.25) is 0 Å². The fourth-order valence-electron chi connectivity index (χ4n) is 0. The summed E-state index contributed by atoms with van der Waals surface area (Å²) in [5, 5.41) is 0. The Kier molecular flexibility index (Phi) is 50.3. The van der Waals surface area contributed by atoms with Crippen LogP contribution in [0.1, 0.15) is 0 Å². The van der Waals surface area contributed by atoms with Gasteiger partial charge in [-0.25, -0.2) is 0 Å². The zero-order chi connectivity index (χ0) is 12.6. The lowest BCUT2D eigenvalue weighted by Gasteiger charge is -1.72. The van der Waals surface area contributed by atoms with Crippen molar-refractivity contribution in [3.05, 3.63) is 0 Å². The lowest BCUT2D eigenvalue weighted by molar-refractivity contribution is -1.63. The minimum Gasteiger partial charge on any atom is -0.506 e. The van der Waals surface area contributed by atoms with Crippen LogP contribution >= 0.6 is 0 Å². The van der Waals surface area contributed by atoms with E-state index in [1.807, 2.05) is 0 Å². The molecule has 0 rings (SSSR count). The van der Waals surface area contributed by atoms with Gasteiger partial charge in [0.25, 0.3) is 21.6 Å². The maximum atomic E-state index is 8.52. The highest BCUT2D eigenvalue weighted by molar-refractivity contribution is 1.94. The molecular weight excluding hydrogens is 302 g/mol. The van der Waals surface area contributed by atoms with Crippen molar-refractivity contribution in [3.8, 4) is 0 Å². The van der Waals surface area contributed by atoms with Crippen LogP contribution in [0.5, 0.6) is 0 Å². The van der Waals surface area contributed by atoms with Crippen LogP contribution in [0.15, 0.2) is 0 Å². The van der Waals surface area contributed by atoms with Crippen LogP contribution in [-0.4, -0.2) is 18.6 Å². The Balaban J connectivity index is -0.0000000482. The summed E-state index contributed by atoms with van der Waals surface area (Å²) in [7, 11) is -5.20. The van der Waals surface area contributed by atoms with Crippen molar-refractivity contribution < 1.29 is 90.8 Å². The molecule has 0 aliphatic rings. The Morgan fingerprint density at radius 1 is 0.714 bits per heavy atom. The molecule has 0 saturated carbocycles. The quantitative estimate of drug-likeness (QED) is 0.331. The fourth-order valence-corrected chi connectivity index (χ4v) is 0. The summed E-state index contributed by atoms with van der Waals surface area (Å²) in [6.45, 7) is 0. The first-order valence-corrected chi connectivity index (χ1v) is 4.81. The van der Waals surface area contributed by atoms with Crippen molar-refractivity contribution in [1.29, 1.82) is 0 Å². The SMILES string of the molecule is [O-][Cl+2]([O-])O.[O-][Cl+2]([O-])O.[O-][Cl+]O.[O-][Cl+]O. The predicted molar refractivity (Wildman–Crippen MR) is 8.88 cm³/mol. The van der Waals surface area contributed by atoms with Gasteiger partial charge in [-0.2, -0.15) is 0 Å². The van der Waals surface area contributed by atoms with Crippen molar-refractivity contribution in [2.75, 3.05) is 0 Å². The Morgan fingerprint density at radius 2 is 0.714 bits per heavy atom. The van der Waals surface area contributed by atoms with Gasteiger partial charge >= 0.3 is 22.7 Å². The second-order valence-electron chi connectivity index (χ2n) is 0.540. The van der Waals surface area contributed by atoms with Gasteiger partial charge in [0.1, 0.15) is 0 Å². The first-order valence-electron chi connectivity index (χ1n) is 1.60. The zero-order valence-electron chi connectivity index (χ0n) is 5.75. The monoisotopic (exact) mass is 304 g/mol. The van der Waals surface area contributed by atoms with Gasteiger partial charge in [-0.15, -0.1) is 9.32 Å². The van der Waals surface area contributed by atoms with Crippen LogP contribution in [0, 0.1) is 44.2 Å². The lowest BCUT2D eigenvalue weighted by Crippen LogP contribution is -2.30. The maximum absolute atomic E-state index is 8.52. The van der Waals surface area contributed by atoms with Crippen LogP contribution in [-0.2, 0) is 0 Å². The number of rotatable bonds is 0. The fraction of sp³-hybridized carbons (Fsp3) is 0. The van der Waals surface area contributed by atoms with E-state index in [9.17, 15) is 0 Å². The molecular formula is H4Cl4O10. The molecule has 0 atom stereocenters. The van der Waals surface area contributed by atoms with Gasteiger partial charge in [0.2, 0.25) is 0 Å². The topological polar surface area (TPSA) is 219 Å². The molecule has 0 aromatic carbocycles. The van der Waals surface area contributed by atoms with E-state index in [0.29, 0.717) is 0 Å². The van der Waals surface area contributed by atoms with Crippen LogP contribution in [0.3, 0.4) is 0 Å². The molecule has 92 valence electrons. The molecule has 14 heteroatoms. The Labute approximate surface area is 91.2 Å². The summed E-state index contributed by atoms with van der Waals surface area (Å²) >= 11 is -0.333. The Hall–Kier alpha value is 0.760. The standard InChI is InChI=1S/2ClHO3.2ClHO2/c2*2-1(3)4;2*2-1-3/h2*2H;2*2H. The van der Waals surface area contributed by atoms with Gasteiger partial charge < -0.3 is 28.0 Å². The predicted octanol–water partition coefficient (Wildman–Crippen LogP) is -9.36. The third-order valence-electron chi connectivity index (χ3n) is 0. The molecule has 0 radical (unpaired) electrons. The summed E-state index contributed by atoms with van der Waals surface area (Å²) in [4.78, 5) is 0. The smallest absolute Gasteiger partial charge is 0.327 e. The average molecular weight is 306 g/mol. The van der Waals surface area contributed by atoms with E-state index in [2.05, 4.69) is 0 Å². The molecule has 0 fully saturated rings. The zero-order valence-corrected chi connectivity index (χ0v) is 8.77. The number of hydrogen-bond donors (Lipinski definition) is 4. The molecule has 0 saturated heterocycles. The van der Waals surface area contributed by atoms with E-state index in [1.54, 1.807) is 0 Å². The molecule has 0 unspecified atom stereocenters. The Morgan fingerprint density at radius 3 is 0.714 bits per heavy atom. The molecule has 0 aromatic rings. The largest absolute Gasteiger partial charge is 0.506 e. The summed E-state index contributed by atoms with van der Waals surface area (Å²) in [5.41, 5.74) is 0. The third kappa shape index (κ3) is 3060. The van der Waals surface area contributed by atoms with E-state index < -0.39 is 21.6 Å². The van der Waals surface area contributed by atoms with Crippen LogP contribution in [0.25, 0.3) is 0 Å². The minimum atomic E-state index is -2.60. The van der Waals surface area contributed by atoms with Crippen molar-refractivity contribution in [2.45, 2.75) is 0 Å². The van der Waals surface area contributed by atoms with Gasteiger partial charge in [0, 0.05) is 9.32 Å². The van der Waals surface area contributed by atoms with Crippen molar-refractivity contribution in [1.82, 2.24) is 0 Å². The molecule has 14 heavy (non-hydrogen) atoms. The van der Waals surface area contributed by atoms with Gasteiger partial charge in [-0.1, -0.05) is 0 Å². The molecule has 0 bridgehead atoms. The first-order chi connectivity index (χ1) is 6.29. The molecule has 0 spiro atoms. The van der Waals surface area contributed by atoms with Gasteiger partial charge in [0.05, 0.1) is 0 Å². The molecule has 10 nitrogen and oxygen atoms in total. The van der Waals surface area contributed by atoms with Crippen molar-refractivity contribution in [3.63, 3.8) is 0 Å². The highest BCUT2D eigenvalue weighted by atomic mass is 35.6. The molecule has 0 amide bonds. The maximum Gasteiger partial charge on any atom is 0.327 e. The highest BCUT2D eigenvalue weighted by Crippen LogP contribution is 1.38. The molecule has 0 heterocycles. The molecule has 0 aromatic heterocycles. The van der Waals surface area contributed by atoms with E-state index in [1.165, 1.54) is 0 Å². The second-order valence-corrected chi connectivity index (χ2v) is 1.62. The van der Waals surface area contributed by atoms with Gasteiger partial charge in [-0.05, 0) is 0 Å². The summed E-state index contributed by atoms with van der Waals surface area (Å²) in [6, 6.07) is 0. The van der Waals surface area contributed by atoms with Crippen LogP contribution < -0.4 is 28.0 Å². The molecule has 4 N–H and O–H groups in total. The summed E-state index contributed by atoms with van der Waals surface area (Å²) < 4.78 is 78.4. The van der Waals surface area contributed by atoms with Crippen molar-refractivity contribution >= 4 is 0 Å².